The van der Waals surface area contributed by atoms with Gasteiger partial charge in [-0.2, -0.15) is 0 Å². The number of pyridine rings is 1. The SMILES string of the molecule is COc1c(-c2nc3ncccc3[nH]2)ccc2ccccc12. The van der Waals surface area contributed by atoms with Crippen LogP contribution in [0.5, 0.6) is 5.75 Å². The number of imidazole rings is 1. The third-order valence-electron chi connectivity index (χ3n) is 3.60. The zero-order valence-electron chi connectivity index (χ0n) is 11.5. The standard InChI is InChI=1S/C17H13N3O/c1-21-15-12-6-3-2-5-11(12)8-9-13(15)16-19-14-7-4-10-18-17(14)20-16/h2-10H,1H3,(H,18,19,20). The third kappa shape index (κ3) is 1.84. The maximum atomic E-state index is 5.63. The number of benzene rings is 2. The topological polar surface area (TPSA) is 50.8 Å². The number of methoxy groups -OCH3 is 1. The van der Waals surface area contributed by atoms with Crippen LogP contribution >= 0.6 is 0 Å². The van der Waals surface area contributed by atoms with Crippen LogP contribution in [0.25, 0.3) is 33.3 Å². The highest BCUT2D eigenvalue weighted by Crippen LogP contribution is 2.35. The number of hydrogen-bond acceptors (Lipinski definition) is 3. The summed E-state index contributed by atoms with van der Waals surface area (Å²) in [6.45, 7) is 0. The molecule has 0 fully saturated rings. The van der Waals surface area contributed by atoms with Gasteiger partial charge in [0.1, 0.15) is 11.6 Å². The largest absolute Gasteiger partial charge is 0.495 e. The molecule has 0 unspecified atom stereocenters. The van der Waals surface area contributed by atoms with Gasteiger partial charge in [0.2, 0.25) is 0 Å². The summed E-state index contributed by atoms with van der Waals surface area (Å²) < 4.78 is 5.63. The molecule has 4 heteroatoms. The first-order valence-corrected chi connectivity index (χ1v) is 6.73. The second-order valence-corrected chi connectivity index (χ2v) is 4.83. The van der Waals surface area contributed by atoms with Crippen molar-refractivity contribution in [3.63, 3.8) is 0 Å². The molecule has 0 spiro atoms. The molecular formula is C17H13N3O. The fourth-order valence-corrected chi connectivity index (χ4v) is 2.62. The van der Waals surface area contributed by atoms with E-state index in [9.17, 15) is 0 Å². The van der Waals surface area contributed by atoms with E-state index in [2.05, 4.69) is 33.2 Å². The third-order valence-corrected chi connectivity index (χ3v) is 3.60. The molecule has 0 bridgehead atoms. The van der Waals surface area contributed by atoms with Gasteiger partial charge in [-0.1, -0.05) is 30.3 Å². The molecule has 4 nitrogen and oxygen atoms in total. The van der Waals surface area contributed by atoms with E-state index in [1.54, 1.807) is 13.3 Å². The number of hydrogen-bond donors (Lipinski definition) is 1. The summed E-state index contributed by atoms with van der Waals surface area (Å²) in [6, 6.07) is 16.1. The van der Waals surface area contributed by atoms with Crippen LogP contribution in [0.3, 0.4) is 0 Å². The number of rotatable bonds is 2. The van der Waals surface area contributed by atoms with Crippen LogP contribution < -0.4 is 4.74 Å². The summed E-state index contributed by atoms with van der Waals surface area (Å²) in [4.78, 5) is 12.1. The highest BCUT2D eigenvalue weighted by Gasteiger charge is 2.13. The maximum Gasteiger partial charge on any atom is 0.178 e. The summed E-state index contributed by atoms with van der Waals surface area (Å²) in [7, 11) is 1.69. The Morgan fingerprint density at radius 1 is 1.00 bits per heavy atom. The fourth-order valence-electron chi connectivity index (χ4n) is 2.62. The van der Waals surface area contributed by atoms with Crippen molar-refractivity contribution in [2.45, 2.75) is 0 Å². The van der Waals surface area contributed by atoms with Crippen molar-refractivity contribution in [2.24, 2.45) is 0 Å². The van der Waals surface area contributed by atoms with Crippen LogP contribution in [0.4, 0.5) is 0 Å². The van der Waals surface area contributed by atoms with E-state index < -0.39 is 0 Å². The van der Waals surface area contributed by atoms with Gasteiger partial charge in [-0.05, 0) is 23.6 Å². The van der Waals surface area contributed by atoms with Crippen molar-refractivity contribution in [1.82, 2.24) is 15.0 Å². The monoisotopic (exact) mass is 275 g/mol. The van der Waals surface area contributed by atoms with E-state index in [-0.39, 0.29) is 0 Å². The molecule has 2 aromatic carbocycles. The Hall–Kier alpha value is -2.88. The predicted molar refractivity (Wildman–Crippen MR) is 83.4 cm³/mol. The van der Waals surface area contributed by atoms with Gasteiger partial charge in [0.15, 0.2) is 5.65 Å². The van der Waals surface area contributed by atoms with Crippen molar-refractivity contribution >= 4 is 21.9 Å². The lowest BCUT2D eigenvalue weighted by Crippen LogP contribution is -1.91. The molecule has 0 aliphatic carbocycles. The van der Waals surface area contributed by atoms with Crippen molar-refractivity contribution in [2.75, 3.05) is 7.11 Å². The zero-order valence-corrected chi connectivity index (χ0v) is 11.5. The first-order valence-electron chi connectivity index (χ1n) is 6.73. The van der Waals surface area contributed by atoms with Gasteiger partial charge < -0.3 is 9.72 Å². The van der Waals surface area contributed by atoms with Gasteiger partial charge in [-0.3, -0.25) is 0 Å². The Labute approximate surface area is 121 Å². The van der Waals surface area contributed by atoms with Crippen LogP contribution in [-0.4, -0.2) is 22.1 Å². The average molecular weight is 275 g/mol. The number of H-pyrrole nitrogens is 1. The second-order valence-electron chi connectivity index (χ2n) is 4.83. The smallest absolute Gasteiger partial charge is 0.178 e. The number of nitrogens with zero attached hydrogens (tertiary/aromatic N) is 2. The highest BCUT2D eigenvalue weighted by molar-refractivity contribution is 5.94. The summed E-state index contributed by atoms with van der Waals surface area (Å²) >= 11 is 0. The molecule has 0 aliphatic heterocycles. The molecule has 2 aromatic heterocycles. The van der Waals surface area contributed by atoms with Crippen molar-refractivity contribution in [1.29, 1.82) is 0 Å². The Morgan fingerprint density at radius 3 is 2.76 bits per heavy atom. The second kappa shape index (κ2) is 4.59. The summed E-state index contributed by atoms with van der Waals surface area (Å²) in [5.74, 6) is 1.60. The van der Waals surface area contributed by atoms with Gasteiger partial charge in [0, 0.05) is 11.6 Å². The van der Waals surface area contributed by atoms with Crippen molar-refractivity contribution < 1.29 is 4.74 Å². The minimum Gasteiger partial charge on any atom is -0.495 e. The zero-order chi connectivity index (χ0) is 14.2. The number of aromatic nitrogens is 3. The van der Waals surface area contributed by atoms with E-state index >= 15 is 0 Å². The number of nitrogens with one attached hydrogen (secondary N) is 1. The molecule has 0 saturated carbocycles. The normalized spacial score (nSPS) is 11.1. The van der Waals surface area contributed by atoms with Crippen LogP contribution in [0.2, 0.25) is 0 Å². The molecule has 4 rings (SSSR count). The van der Waals surface area contributed by atoms with Crippen molar-refractivity contribution in [3.05, 3.63) is 54.7 Å². The lowest BCUT2D eigenvalue weighted by atomic mass is 10.0. The summed E-state index contributed by atoms with van der Waals surface area (Å²) in [5.41, 5.74) is 2.57. The number of aromatic amines is 1. The summed E-state index contributed by atoms with van der Waals surface area (Å²) in [5, 5.41) is 2.22. The maximum absolute atomic E-state index is 5.63. The quantitative estimate of drug-likeness (QED) is 0.605. The van der Waals surface area contributed by atoms with E-state index in [0.29, 0.717) is 5.65 Å². The average Bonchev–Trinajstić information content (AvgIpc) is 2.97. The predicted octanol–water partition coefficient (Wildman–Crippen LogP) is 3.79. The Morgan fingerprint density at radius 2 is 1.90 bits per heavy atom. The van der Waals surface area contributed by atoms with E-state index in [1.807, 2.05) is 30.3 Å². The van der Waals surface area contributed by atoms with Crippen LogP contribution in [0, 0.1) is 0 Å². The van der Waals surface area contributed by atoms with Crippen LogP contribution in [-0.2, 0) is 0 Å². The van der Waals surface area contributed by atoms with Gasteiger partial charge in [-0.25, -0.2) is 9.97 Å². The van der Waals surface area contributed by atoms with Crippen molar-refractivity contribution in [3.8, 4) is 17.1 Å². The molecule has 102 valence electrons. The fraction of sp³-hybridized carbons (Fsp3) is 0.0588. The van der Waals surface area contributed by atoms with Crippen LogP contribution in [0.1, 0.15) is 0 Å². The molecule has 2 heterocycles. The van der Waals surface area contributed by atoms with Gasteiger partial charge in [0.25, 0.3) is 0 Å². The van der Waals surface area contributed by atoms with E-state index in [4.69, 9.17) is 4.74 Å². The molecule has 0 amide bonds. The highest BCUT2D eigenvalue weighted by atomic mass is 16.5. The molecule has 0 aliphatic rings. The first-order chi connectivity index (χ1) is 10.4. The molecule has 21 heavy (non-hydrogen) atoms. The minimum absolute atomic E-state index is 0.711. The minimum atomic E-state index is 0.711. The molecule has 1 N–H and O–H groups in total. The van der Waals surface area contributed by atoms with Gasteiger partial charge in [-0.15, -0.1) is 0 Å². The Kier molecular flexibility index (Phi) is 2.60. The van der Waals surface area contributed by atoms with Crippen LogP contribution in [0.15, 0.2) is 54.7 Å². The molecule has 0 saturated heterocycles. The molecule has 0 atom stereocenters. The lowest BCUT2D eigenvalue weighted by Gasteiger charge is -2.09. The molecule has 4 aromatic rings. The van der Waals surface area contributed by atoms with E-state index in [1.165, 1.54) is 0 Å². The van der Waals surface area contributed by atoms with E-state index in [0.717, 1.165) is 33.4 Å². The number of ether oxygens (including phenoxy) is 1. The Bertz CT molecular complexity index is 910. The Balaban J connectivity index is 2.01. The van der Waals surface area contributed by atoms with Gasteiger partial charge in [0.05, 0.1) is 18.2 Å². The molecular weight excluding hydrogens is 262 g/mol. The lowest BCUT2D eigenvalue weighted by molar-refractivity contribution is 0.421. The number of fused-ring (bicyclic) bond motifs is 2. The van der Waals surface area contributed by atoms with Gasteiger partial charge >= 0.3 is 0 Å². The first kappa shape index (κ1) is 11.9. The molecule has 0 radical (unpaired) electrons. The summed E-state index contributed by atoms with van der Waals surface area (Å²) in [6.07, 6.45) is 1.74.